The smallest absolute Gasteiger partial charge is 0.311 e. The molecule has 0 aliphatic carbocycles. The van der Waals surface area contributed by atoms with Gasteiger partial charge < -0.3 is 4.98 Å². The molecule has 3 N–H and O–H groups in total. The van der Waals surface area contributed by atoms with Crippen LogP contribution in [0.5, 0.6) is 0 Å². The van der Waals surface area contributed by atoms with Gasteiger partial charge in [0.15, 0.2) is 0 Å². The molecule has 0 aromatic carbocycles. The van der Waals surface area contributed by atoms with Gasteiger partial charge in [0.1, 0.15) is 0 Å². The number of rotatable bonds is 3. The molecule has 78 valence electrons. The number of hydrogen-bond donors (Lipinski definition) is 3. The molecule has 0 bridgehead atoms. The minimum atomic E-state index is -4.08. The highest BCUT2D eigenvalue weighted by Crippen LogP contribution is 1.91. The first kappa shape index (κ1) is 10.7. The zero-order chi connectivity index (χ0) is 10.8. The molecule has 0 saturated heterocycles. The van der Waals surface area contributed by atoms with E-state index in [1.54, 1.807) is 0 Å². The summed E-state index contributed by atoms with van der Waals surface area (Å²) in [6, 6.07) is 1.06. The Labute approximate surface area is 78.6 Å². The molecule has 1 rings (SSSR count). The maximum atomic E-state index is 10.7. The van der Waals surface area contributed by atoms with Crippen LogP contribution in [0.4, 0.5) is 0 Å². The Bertz CT molecular complexity index is 497. The summed E-state index contributed by atoms with van der Waals surface area (Å²) in [6.45, 7) is 0. The van der Waals surface area contributed by atoms with E-state index in [-0.39, 0.29) is 12.1 Å². The fourth-order valence-electron chi connectivity index (χ4n) is 0.893. The predicted octanol–water partition coefficient (Wildman–Crippen LogP) is -1.51. The summed E-state index contributed by atoms with van der Waals surface area (Å²) < 4.78 is 29.1. The largest absolute Gasteiger partial charge is 0.325 e. The topological polar surface area (TPSA) is 120 Å². The normalized spacial score (nSPS) is 11.5. The molecule has 0 radical (unpaired) electrons. The molecular formula is C6H8N2O5S. The molecule has 0 atom stereocenters. The highest BCUT2D eigenvalue weighted by molar-refractivity contribution is 7.85. The summed E-state index contributed by atoms with van der Waals surface area (Å²) in [5.74, 6) is -0.535. The summed E-state index contributed by atoms with van der Waals surface area (Å²) >= 11 is 0. The SMILES string of the molecule is O=c1cc(CCS(=O)(=O)O)[nH]c(=O)[nH]1. The quantitative estimate of drug-likeness (QED) is 0.535. The van der Waals surface area contributed by atoms with Gasteiger partial charge in [-0.1, -0.05) is 0 Å². The van der Waals surface area contributed by atoms with Gasteiger partial charge in [0.05, 0.1) is 5.75 Å². The van der Waals surface area contributed by atoms with E-state index >= 15 is 0 Å². The Morgan fingerprint density at radius 2 is 1.93 bits per heavy atom. The molecule has 0 fully saturated rings. The standard InChI is InChI=1S/C6H8N2O5S/c9-5-3-4(7-6(10)8-5)1-2-14(11,12)13/h3H,1-2H2,(H,11,12,13)(H2,7,8,9,10). The molecule has 0 aliphatic heterocycles. The van der Waals surface area contributed by atoms with Crippen molar-refractivity contribution in [3.05, 3.63) is 32.6 Å². The second-order valence-corrected chi connectivity index (χ2v) is 4.22. The van der Waals surface area contributed by atoms with Crippen LogP contribution >= 0.6 is 0 Å². The van der Waals surface area contributed by atoms with E-state index < -0.39 is 27.1 Å². The van der Waals surface area contributed by atoms with E-state index in [0.29, 0.717) is 0 Å². The number of aryl methyl sites for hydroxylation is 1. The van der Waals surface area contributed by atoms with Crippen molar-refractivity contribution in [3.63, 3.8) is 0 Å². The summed E-state index contributed by atoms with van der Waals surface area (Å²) in [7, 11) is -4.08. The number of H-pyrrole nitrogens is 2. The van der Waals surface area contributed by atoms with Crippen molar-refractivity contribution in [1.82, 2.24) is 9.97 Å². The maximum absolute atomic E-state index is 10.7. The first-order valence-electron chi connectivity index (χ1n) is 3.64. The molecule has 1 aromatic rings. The first-order valence-corrected chi connectivity index (χ1v) is 5.25. The lowest BCUT2D eigenvalue weighted by molar-refractivity contribution is 0.482. The monoisotopic (exact) mass is 220 g/mol. The third kappa shape index (κ3) is 3.54. The van der Waals surface area contributed by atoms with Crippen molar-refractivity contribution in [2.75, 3.05) is 5.75 Å². The van der Waals surface area contributed by atoms with Crippen LogP contribution in [0.25, 0.3) is 0 Å². The molecule has 0 unspecified atom stereocenters. The number of nitrogens with one attached hydrogen (secondary N) is 2. The van der Waals surface area contributed by atoms with E-state index in [9.17, 15) is 18.0 Å². The highest BCUT2D eigenvalue weighted by Gasteiger charge is 2.05. The highest BCUT2D eigenvalue weighted by atomic mass is 32.2. The molecule has 0 aliphatic rings. The molecule has 8 heteroatoms. The van der Waals surface area contributed by atoms with E-state index in [4.69, 9.17) is 4.55 Å². The fourth-order valence-corrected chi connectivity index (χ4v) is 1.37. The fraction of sp³-hybridized carbons (Fsp3) is 0.333. The second kappa shape index (κ2) is 3.76. The van der Waals surface area contributed by atoms with Crippen LogP contribution < -0.4 is 11.2 Å². The predicted molar refractivity (Wildman–Crippen MR) is 47.8 cm³/mol. The zero-order valence-corrected chi connectivity index (χ0v) is 7.80. The van der Waals surface area contributed by atoms with Crippen LogP contribution in [0.1, 0.15) is 5.69 Å². The van der Waals surface area contributed by atoms with E-state index in [1.807, 2.05) is 4.98 Å². The van der Waals surface area contributed by atoms with Crippen molar-refractivity contribution in [2.45, 2.75) is 6.42 Å². The average Bonchev–Trinajstić information content (AvgIpc) is 1.97. The third-order valence-corrected chi connectivity index (χ3v) is 2.17. The molecule has 7 nitrogen and oxygen atoms in total. The van der Waals surface area contributed by atoms with Gasteiger partial charge in [0.25, 0.3) is 15.7 Å². The average molecular weight is 220 g/mol. The Morgan fingerprint density at radius 1 is 1.29 bits per heavy atom. The minimum Gasteiger partial charge on any atom is -0.311 e. The molecule has 1 aromatic heterocycles. The summed E-state index contributed by atoms with van der Waals surface area (Å²) in [6.07, 6.45) is -0.113. The van der Waals surface area contributed by atoms with Gasteiger partial charge in [0, 0.05) is 18.2 Å². The third-order valence-electron chi connectivity index (χ3n) is 1.45. The van der Waals surface area contributed by atoms with Crippen LogP contribution in [-0.4, -0.2) is 28.7 Å². The van der Waals surface area contributed by atoms with Crippen molar-refractivity contribution in [1.29, 1.82) is 0 Å². The van der Waals surface area contributed by atoms with Gasteiger partial charge in [-0.15, -0.1) is 0 Å². The molecular weight excluding hydrogens is 212 g/mol. The minimum absolute atomic E-state index is 0.113. The Morgan fingerprint density at radius 3 is 2.43 bits per heavy atom. The Balaban J connectivity index is 2.88. The van der Waals surface area contributed by atoms with Crippen LogP contribution in [0.15, 0.2) is 15.7 Å². The maximum Gasteiger partial charge on any atom is 0.325 e. The van der Waals surface area contributed by atoms with Crippen LogP contribution in [0.3, 0.4) is 0 Å². The second-order valence-electron chi connectivity index (χ2n) is 2.65. The lowest BCUT2D eigenvalue weighted by Crippen LogP contribution is -2.23. The van der Waals surface area contributed by atoms with Gasteiger partial charge in [0.2, 0.25) is 0 Å². The number of aromatic nitrogens is 2. The van der Waals surface area contributed by atoms with Crippen LogP contribution in [0, 0.1) is 0 Å². The molecule has 0 saturated carbocycles. The number of aromatic amines is 2. The van der Waals surface area contributed by atoms with E-state index in [0.717, 1.165) is 6.07 Å². The van der Waals surface area contributed by atoms with Gasteiger partial charge in [-0.2, -0.15) is 8.42 Å². The summed E-state index contributed by atoms with van der Waals surface area (Å²) in [4.78, 5) is 25.6. The lowest BCUT2D eigenvalue weighted by atomic mass is 10.3. The Hall–Kier alpha value is -1.41. The van der Waals surface area contributed by atoms with E-state index in [2.05, 4.69) is 4.98 Å². The van der Waals surface area contributed by atoms with Gasteiger partial charge in [-0.25, -0.2) is 4.79 Å². The van der Waals surface area contributed by atoms with Crippen molar-refractivity contribution >= 4 is 10.1 Å². The molecule has 0 amide bonds. The summed E-state index contributed by atoms with van der Waals surface area (Å²) in [5.41, 5.74) is -1.15. The van der Waals surface area contributed by atoms with Crippen molar-refractivity contribution in [3.8, 4) is 0 Å². The first-order chi connectivity index (χ1) is 6.37. The van der Waals surface area contributed by atoms with Crippen LogP contribution in [0.2, 0.25) is 0 Å². The summed E-state index contributed by atoms with van der Waals surface area (Å²) in [5, 5.41) is 0. The van der Waals surface area contributed by atoms with Gasteiger partial charge in [-0.05, 0) is 0 Å². The zero-order valence-electron chi connectivity index (χ0n) is 6.98. The van der Waals surface area contributed by atoms with Crippen molar-refractivity contribution < 1.29 is 13.0 Å². The van der Waals surface area contributed by atoms with Gasteiger partial charge in [-0.3, -0.25) is 14.3 Å². The van der Waals surface area contributed by atoms with Gasteiger partial charge >= 0.3 is 5.69 Å². The molecule has 0 spiro atoms. The molecule has 14 heavy (non-hydrogen) atoms. The number of hydrogen-bond acceptors (Lipinski definition) is 4. The molecule has 1 heterocycles. The lowest BCUT2D eigenvalue weighted by Gasteiger charge is -1.97. The van der Waals surface area contributed by atoms with Crippen LogP contribution in [-0.2, 0) is 16.5 Å². The Kier molecular flexibility index (Phi) is 2.87. The van der Waals surface area contributed by atoms with E-state index in [1.165, 1.54) is 0 Å². The van der Waals surface area contributed by atoms with Crippen molar-refractivity contribution in [2.24, 2.45) is 0 Å².